The average Bonchev–Trinajstić information content (AvgIpc) is 1.77. The van der Waals surface area contributed by atoms with E-state index in [1.54, 1.807) is 0 Å². The van der Waals surface area contributed by atoms with Gasteiger partial charge in [0.2, 0.25) is 0 Å². The van der Waals surface area contributed by atoms with E-state index in [1.807, 2.05) is 0 Å². The molecule has 1 saturated heterocycles. The Morgan fingerprint density at radius 1 is 1.44 bits per heavy atom. The molecular formula is C8H15N. The Bertz CT molecular complexity index is 125. The zero-order valence-corrected chi connectivity index (χ0v) is 6.28. The van der Waals surface area contributed by atoms with Crippen LogP contribution in [0.2, 0.25) is 0 Å². The van der Waals surface area contributed by atoms with Crippen molar-refractivity contribution in [3.8, 4) is 0 Å². The number of hydrogen-bond acceptors (Lipinski definition) is 1. The molecule has 1 spiro atoms. The van der Waals surface area contributed by atoms with Crippen LogP contribution >= 0.6 is 0 Å². The largest absolute Gasteiger partial charge is 0.308 e. The third-order valence-corrected chi connectivity index (χ3v) is 3.17. The van der Waals surface area contributed by atoms with E-state index in [0.29, 0.717) is 5.54 Å². The Labute approximate surface area is 56.8 Å². The standard InChI is InChI=1S/C8H15N/c1-6-3-4-8(6)5-7(2)9-8/h6-7,9H,3-5H2,1-2H3. The fourth-order valence-electron chi connectivity index (χ4n) is 2.32. The molecular weight excluding hydrogens is 110 g/mol. The molecule has 1 heteroatoms. The molecule has 1 saturated carbocycles. The third kappa shape index (κ3) is 0.586. The molecule has 2 fully saturated rings. The lowest BCUT2D eigenvalue weighted by molar-refractivity contribution is -0.00249. The van der Waals surface area contributed by atoms with Crippen molar-refractivity contribution in [2.75, 3.05) is 0 Å². The van der Waals surface area contributed by atoms with Gasteiger partial charge in [-0.25, -0.2) is 0 Å². The van der Waals surface area contributed by atoms with Crippen molar-refractivity contribution in [2.24, 2.45) is 5.92 Å². The first-order chi connectivity index (χ1) is 4.23. The summed E-state index contributed by atoms with van der Waals surface area (Å²) < 4.78 is 0. The van der Waals surface area contributed by atoms with Crippen LogP contribution in [0.4, 0.5) is 0 Å². The van der Waals surface area contributed by atoms with Crippen molar-refractivity contribution in [1.29, 1.82) is 0 Å². The van der Waals surface area contributed by atoms with E-state index < -0.39 is 0 Å². The second-order valence-electron chi connectivity index (χ2n) is 3.85. The Morgan fingerprint density at radius 2 is 2.11 bits per heavy atom. The molecule has 1 heterocycles. The van der Waals surface area contributed by atoms with Gasteiger partial charge >= 0.3 is 0 Å². The SMILES string of the molecule is CC1CC2(CCC2C)N1. The summed E-state index contributed by atoms with van der Waals surface area (Å²) in [4.78, 5) is 0. The minimum absolute atomic E-state index is 0.624. The molecule has 0 aromatic heterocycles. The first-order valence-corrected chi connectivity index (χ1v) is 4.01. The molecule has 1 aliphatic heterocycles. The average molecular weight is 125 g/mol. The van der Waals surface area contributed by atoms with Gasteiger partial charge in [-0.1, -0.05) is 6.92 Å². The Hall–Kier alpha value is -0.0400. The van der Waals surface area contributed by atoms with E-state index in [2.05, 4.69) is 19.2 Å². The number of nitrogens with one attached hydrogen (secondary N) is 1. The molecule has 9 heavy (non-hydrogen) atoms. The summed E-state index contributed by atoms with van der Waals surface area (Å²) in [7, 11) is 0. The van der Waals surface area contributed by atoms with Gasteiger partial charge in [-0.2, -0.15) is 0 Å². The maximum absolute atomic E-state index is 3.61. The summed E-state index contributed by atoms with van der Waals surface area (Å²) in [6.45, 7) is 4.64. The first-order valence-electron chi connectivity index (χ1n) is 4.01. The third-order valence-electron chi connectivity index (χ3n) is 3.17. The highest BCUT2D eigenvalue weighted by Crippen LogP contribution is 2.46. The van der Waals surface area contributed by atoms with Crippen molar-refractivity contribution in [3.05, 3.63) is 0 Å². The van der Waals surface area contributed by atoms with Crippen molar-refractivity contribution >= 4 is 0 Å². The van der Waals surface area contributed by atoms with Gasteiger partial charge in [0.05, 0.1) is 0 Å². The normalized spacial score (nSPS) is 56.7. The lowest BCUT2D eigenvalue weighted by atomic mass is 9.60. The van der Waals surface area contributed by atoms with Crippen LogP contribution in [0.3, 0.4) is 0 Å². The summed E-state index contributed by atoms with van der Waals surface area (Å²) in [5.74, 6) is 0.952. The summed E-state index contributed by atoms with van der Waals surface area (Å²) in [5.41, 5.74) is 0.624. The molecule has 0 bridgehead atoms. The summed E-state index contributed by atoms with van der Waals surface area (Å²) in [6, 6.07) is 0.799. The van der Waals surface area contributed by atoms with Crippen molar-refractivity contribution < 1.29 is 0 Å². The highest BCUT2D eigenvalue weighted by Gasteiger charge is 2.50. The highest BCUT2D eigenvalue weighted by molar-refractivity contribution is 5.10. The van der Waals surface area contributed by atoms with Crippen LogP contribution < -0.4 is 5.32 Å². The van der Waals surface area contributed by atoms with Gasteiger partial charge < -0.3 is 5.32 Å². The Kier molecular flexibility index (Phi) is 0.963. The summed E-state index contributed by atoms with van der Waals surface area (Å²) in [6.07, 6.45) is 4.30. The summed E-state index contributed by atoms with van der Waals surface area (Å²) >= 11 is 0. The quantitative estimate of drug-likeness (QED) is 0.518. The molecule has 1 nitrogen and oxygen atoms in total. The van der Waals surface area contributed by atoms with E-state index in [4.69, 9.17) is 0 Å². The molecule has 0 radical (unpaired) electrons. The van der Waals surface area contributed by atoms with E-state index in [9.17, 15) is 0 Å². The van der Waals surface area contributed by atoms with Gasteiger partial charge in [-0.15, -0.1) is 0 Å². The van der Waals surface area contributed by atoms with Crippen LogP contribution in [-0.2, 0) is 0 Å². The molecule has 3 atom stereocenters. The van der Waals surface area contributed by atoms with E-state index in [-0.39, 0.29) is 0 Å². The fourth-order valence-corrected chi connectivity index (χ4v) is 2.32. The lowest BCUT2D eigenvalue weighted by Crippen LogP contribution is -2.70. The lowest BCUT2D eigenvalue weighted by Gasteiger charge is -2.59. The van der Waals surface area contributed by atoms with Gasteiger partial charge in [0, 0.05) is 11.6 Å². The molecule has 1 N–H and O–H groups in total. The maximum Gasteiger partial charge on any atom is 0.0224 e. The number of rotatable bonds is 0. The van der Waals surface area contributed by atoms with Crippen LogP contribution in [0, 0.1) is 5.92 Å². The van der Waals surface area contributed by atoms with Crippen molar-refractivity contribution in [2.45, 2.75) is 44.7 Å². The minimum atomic E-state index is 0.624. The summed E-state index contributed by atoms with van der Waals surface area (Å²) in [5, 5.41) is 3.61. The zero-order valence-electron chi connectivity index (χ0n) is 6.28. The Balaban J connectivity index is 1.97. The fraction of sp³-hybridized carbons (Fsp3) is 1.00. The van der Waals surface area contributed by atoms with Gasteiger partial charge in [0.1, 0.15) is 0 Å². The van der Waals surface area contributed by atoms with E-state index in [1.165, 1.54) is 19.3 Å². The van der Waals surface area contributed by atoms with Crippen LogP contribution in [0.15, 0.2) is 0 Å². The molecule has 52 valence electrons. The van der Waals surface area contributed by atoms with Crippen molar-refractivity contribution in [3.63, 3.8) is 0 Å². The number of hydrogen-bond donors (Lipinski definition) is 1. The maximum atomic E-state index is 3.61. The smallest absolute Gasteiger partial charge is 0.0224 e. The zero-order chi connectivity index (χ0) is 6.48. The van der Waals surface area contributed by atoms with Gasteiger partial charge in [0.15, 0.2) is 0 Å². The second kappa shape index (κ2) is 1.51. The molecule has 1 aliphatic carbocycles. The molecule has 0 amide bonds. The van der Waals surface area contributed by atoms with E-state index in [0.717, 1.165) is 12.0 Å². The molecule has 2 aliphatic rings. The minimum Gasteiger partial charge on any atom is -0.308 e. The highest BCUT2D eigenvalue weighted by atomic mass is 15.1. The van der Waals surface area contributed by atoms with Gasteiger partial charge in [-0.05, 0) is 32.1 Å². The van der Waals surface area contributed by atoms with Gasteiger partial charge in [0.25, 0.3) is 0 Å². The second-order valence-corrected chi connectivity index (χ2v) is 3.85. The van der Waals surface area contributed by atoms with E-state index >= 15 is 0 Å². The first kappa shape index (κ1) is 5.72. The van der Waals surface area contributed by atoms with Crippen LogP contribution in [-0.4, -0.2) is 11.6 Å². The molecule has 0 aromatic carbocycles. The van der Waals surface area contributed by atoms with Crippen molar-refractivity contribution in [1.82, 2.24) is 5.32 Å². The van der Waals surface area contributed by atoms with Crippen LogP contribution in [0.25, 0.3) is 0 Å². The topological polar surface area (TPSA) is 12.0 Å². The van der Waals surface area contributed by atoms with Crippen LogP contribution in [0.5, 0.6) is 0 Å². The molecule has 2 rings (SSSR count). The Morgan fingerprint density at radius 3 is 2.22 bits per heavy atom. The van der Waals surface area contributed by atoms with Gasteiger partial charge in [-0.3, -0.25) is 0 Å². The predicted octanol–water partition coefficient (Wildman–Crippen LogP) is 1.54. The molecule has 3 unspecified atom stereocenters. The van der Waals surface area contributed by atoms with Crippen LogP contribution in [0.1, 0.15) is 33.1 Å². The monoisotopic (exact) mass is 125 g/mol. The predicted molar refractivity (Wildman–Crippen MR) is 38.3 cm³/mol. The molecule has 0 aromatic rings.